The van der Waals surface area contributed by atoms with E-state index < -0.39 is 0 Å². The Morgan fingerprint density at radius 3 is 2.62 bits per heavy atom. The lowest BCUT2D eigenvalue weighted by atomic mass is 9.79. The van der Waals surface area contributed by atoms with Crippen molar-refractivity contribution >= 4 is 12.6 Å². The Labute approximate surface area is 157 Å². The van der Waals surface area contributed by atoms with Gasteiger partial charge in [-0.15, -0.1) is 5.10 Å². The van der Waals surface area contributed by atoms with Gasteiger partial charge >= 0.3 is 0 Å². The summed E-state index contributed by atoms with van der Waals surface area (Å²) in [5, 5.41) is 21.5. The molecular weight excluding hydrogens is 326 g/mol. The van der Waals surface area contributed by atoms with Gasteiger partial charge < -0.3 is 10.0 Å². The molecule has 0 saturated heterocycles. The number of amidine groups is 1. The van der Waals surface area contributed by atoms with Crippen LogP contribution in [0.4, 0.5) is 0 Å². The zero-order chi connectivity index (χ0) is 18.4. The number of rotatable bonds is 6. The van der Waals surface area contributed by atoms with Crippen LogP contribution in [0.3, 0.4) is 0 Å². The number of likely N-dealkylation sites (N-methyl/N-ethyl adjacent to an activating group) is 1. The highest BCUT2D eigenvalue weighted by atomic mass is 16.3. The molecule has 144 valence electrons. The molecule has 0 amide bonds. The maximum Gasteiger partial charge on any atom is 0.153 e. The second-order valence-electron chi connectivity index (χ2n) is 7.96. The fourth-order valence-corrected chi connectivity index (χ4v) is 4.59. The third-order valence-electron chi connectivity index (χ3n) is 6.19. The van der Waals surface area contributed by atoms with Gasteiger partial charge in [-0.05, 0) is 55.9 Å². The SMILES string of the molecule is C=N/N=C(/CO)N(C)CC1CCC(c2cnn(C3CCCCC3)c2)CC1. The molecule has 1 N–H and O–H groups in total. The fourth-order valence-electron chi connectivity index (χ4n) is 4.59. The molecule has 2 fully saturated rings. The topological polar surface area (TPSA) is 66.0 Å². The molecule has 0 unspecified atom stereocenters. The van der Waals surface area contributed by atoms with Crippen molar-refractivity contribution in [3.05, 3.63) is 18.0 Å². The summed E-state index contributed by atoms with van der Waals surface area (Å²) in [6.45, 7) is 4.20. The van der Waals surface area contributed by atoms with E-state index in [-0.39, 0.29) is 6.61 Å². The van der Waals surface area contributed by atoms with Gasteiger partial charge in [0.2, 0.25) is 0 Å². The molecule has 3 rings (SSSR count). The molecule has 0 atom stereocenters. The highest BCUT2D eigenvalue weighted by Crippen LogP contribution is 2.37. The van der Waals surface area contributed by atoms with Crippen molar-refractivity contribution in [2.24, 2.45) is 16.1 Å². The highest BCUT2D eigenvalue weighted by Gasteiger charge is 2.25. The van der Waals surface area contributed by atoms with Crippen molar-refractivity contribution in [3.8, 4) is 0 Å². The van der Waals surface area contributed by atoms with Gasteiger partial charge in [-0.1, -0.05) is 19.3 Å². The molecule has 0 spiro atoms. The lowest BCUT2D eigenvalue weighted by Gasteiger charge is -2.31. The van der Waals surface area contributed by atoms with Crippen LogP contribution in [0.25, 0.3) is 0 Å². The van der Waals surface area contributed by atoms with Gasteiger partial charge in [0.25, 0.3) is 0 Å². The van der Waals surface area contributed by atoms with Crippen LogP contribution < -0.4 is 0 Å². The Bertz CT molecular complexity index is 597. The number of hydrogen-bond donors (Lipinski definition) is 1. The van der Waals surface area contributed by atoms with Gasteiger partial charge in [-0.3, -0.25) is 4.68 Å². The summed E-state index contributed by atoms with van der Waals surface area (Å²) in [6.07, 6.45) is 15.9. The Morgan fingerprint density at radius 1 is 1.23 bits per heavy atom. The average Bonchev–Trinajstić information content (AvgIpc) is 3.17. The molecular formula is C20H33N5O. The summed E-state index contributed by atoms with van der Waals surface area (Å²) < 4.78 is 2.24. The maximum atomic E-state index is 9.39. The van der Waals surface area contributed by atoms with Crippen molar-refractivity contribution < 1.29 is 5.11 Å². The molecule has 2 aliphatic carbocycles. The van der Waals surface area contributed by atoms with Gasteiger partial charge in [-0.25, -0.2) is 0 Å². The third kappa shape index (κ3) is 4.72. The molecule has 1 heterocycles. The van der Waals surface area contributed by atoms with E-state index in [2.05, 4.69) is 39.1 Å². The van der Waals surface area contributed by atoms with E-state index in [4.69, 9.17) is 0 Å². The minimum Gasteiger partial charge on any atom is -0.388 e. The van der Waals surface area contributed by atoms with E-state index in [0.717, 1.165) is 6.54 Å². The van der Waals surface area contributed by atoms with Crippen molar-refractivity contribution in [2.45, 2.75) is 69.7 Å². The van der Waals surface area contributed by atoms with Gasteiger partial charge in [0.1, 0.15) is 6.61 Å². The first kappa shape index (κ1) is 19.1. The number of hydrogen-bond acceptors (Lipinski definition) is 4. The lowest BCUT2D eigenvalue weighted by Crippen LogP contribution is -2.35. The smallest absolute Gasteiger partial charge is 0.153 e. The molecule has 6 heteroatoms. The van der Waals surface area contributed by atoms with Crippen LogP contribution >= 0.6 is 0 Å². The van der Waals surface area contributed by atoms with Crippen LogP contribution in [0, 0.1) is 5.92 Å². The molecule has 2 aliphatic rings. The van der Waals surface area contributed by atoms with Crippen molar-refractivity contribution in [2.75, 3.05) is 20.2 Å². The van der Waals surface area contributed by atoms with Crippen LogP contribution in [0.5, 0.6) is 0 Å². The molecule has 1 aromatic heterocycles. The minimum atomic E-state index is -0.0920. The third-order valence-corrected chi connectivity index (χ3v) is 6.19. The summed E-state index contributed by atoms with van der Waals surface area (Å²) in [7, 11) is 1.97. The molecule has 26 heavy (non-hydrogen) atoms. The normalized spacial score (nSPS) is 25.2. The summed E-state index contributed by atoms with van der Waals surface area (Å²) in [5.74, 6) is 1.89. The molecule has 0 bridgehead atoms. The van der Waals surface area contributed by atoms with E-state index in [1.54, 1.807) is 0 Å². The lowest BCUT2D eigenvalue weighted by molar-refractivity contribution is 0.263. The quantitative estimate of drug-likeness (QED) is 0.479. The van der Waals surface area contributed by atoms with E-state index >= 15 is 0 Å². The Hall–Kier alpha value is -1.69. The van der Waals surface area contributed by atoms with Crippen LogP contribution in [0.1, 0.15) is 75.3 Å². The van der Waals surface area contributed by atoms with Crippen LogP contribution in [0.15, 0.2) is 22.6 Å². The van der Waals surface area contributed by atoms with Gasteiger partial charge in [-0.2, -0.15) is 10.2 Å². The zero-order valence-electron chi connectivity index (χ0n) is 16.1. The maximum absolute atomic E-state index is 9.39. The second-order valence-corrected chi connectivity index (χ2v) is 7.96. The van der Waals surface area contributed by atoms with Gasteiger partial charge in [0, 0.05) is 26.5 Å². The Morgan fingerprint density at radius 2 is 1.96 bits per heavy atom. The monoisotopic (exact) mass is 359 g/mol. The minimum absolute atomic E-state index is 0.0920. The molecule has 2 saturated carbocycles. The first-order valence-electron chi connectivity index (χ1n) is 10.1. The first-order valence-corrected chi connectivity index (χ1v) is 10.1. The molecule has 1 aromatic rings. The second kappa shape index (κ2) is 9.31. The number of aliphatic hydroxyl groups excluding tert-OH is 1. The van der Waals surface area contributed by atoms with Crippen LogP contribution in [-0.4, -0.2) is 52.5 Å². The standard InChI is InChI=1S/C20H33N5O/c1-21-23-20(15-26)24(2)13-16-8-10-17(11-9-16)18-12-22-25(14-18)19-6-4-3-5-7-19/h12,14,16-17,19,26H,1,3-11,13,15H2,2H3/b23-20-. The van der Waals surface area contributed by atoms with E-state index in [9.17, 15) is 5.11 Å². The predicted octanol–water partition coefficient (Wildman–Crippen LogP) is 3.60. The van der Waals surface area contributed by atoms with Crippen LogP contribution in [0.2, 0.25) is 0 Å². The summed E-state index contributed by atoms with van der Waals surface area (Å²) in [4.78, 5) is 2.01. The van der Waals surface area contributed by atoms with Gasteiger partial charge in [0.05, 0.1) is 12.2 Å². The molecule has 0 radical (unpaired) electrons. The van der Waals surface area contributed by atoms with E-state index in [0.29, 0.717) is 23.7 Å². The summed E-state index contributed by atoms with van der Waals surface area (Å²) >= 11 is 0. The number of nitrogens with zero attached hydrogens (tertiary/aromatic N) is 5. The largest absolute Gasteiger partial charge is 0.388 e. The predicted molar refractivity (Wildman–Crippen MR) is 106 cm³/mol. The van der Waals surface area contributed by atoms with Gasteiger partial charge in [0.15, 0.2) is 5.84 Å². The first-order chi connectivity index (χ1) is 12.7. The summed E-state index contributed by atoms with van der Waals surface area (Å²) in [6, 6.07) is 0.622. The Kier molecular flexibility index (Phi) is 6.83. The number of aliphatic hydroxyl groups is 1. The highest BCUT2D eigenvalue weighted by molar-refractivity contribution is 5.83. The van der Waals surface area contributed by atoms with Crippen molar-refractivity contribution in [1.82, 2.24) is 14.7 Å². The number of aromatic nitrogens is 2. The van der Waals surface area contributed by atoms with Crippen LogP contribution in [-0.2, 0) is 0 Å². The molecule has 6 nitrogen and oxygen atoms in total. The van der Waals surface area contributed by atoms with Crippen molar-refractivity contribution in [1.29, 1.82) is 0 Å². The summed E-state index contributed by atoms with van der Waals surface area (Å²) in [5.41, 5.74) is 1.43. The van der Waals surface area contributed by atoms with Crippen molar-refractivity contribution in [3.63, 3.8) is 0 Å². The average molecular weight is 360 g/mol. The van der Waals surface area contributed by atoms with E-state index in [1.807, 2.05) is 11.9 Å². The fraction of sp³-hybridized carbons (Fsp3) is 0.750. The Balaban J connectivity index is 1.50. The molecule has 0 aliphatic heterocycles. The molecule has 0 aromatic carbocycles. The zero-order valence-corrected chi connectivity index (χ0v) is 16.1. The van der Waals surface area contributed by atoms with E-state index in [1.165, 1.54) is 63.4 Å².